The van der Waals surface area contributed by atoms with Crippen molar-refractivity contribution >= 4 is 23.0 Å². The van der Waals surface area contributed by atoms with E-state index in [2.05, 4.69) is 95.6 Å². The average molecular weight is 407 g/mol. The molecule has 0 heterocycles. The van der Waals surface area contributed by atoms with E-state index >= 15 is 0 Å². The third kappa shape index (κ3) is 6.06. The molecule has 1 amide bonds. The normalized spacial score (nSPS) is 10.5. The van der Waals surface area contributed by atoms with Crippen LogP contribution in [0.15, 0.2) is 103 Å². The zero-order valence-electron chi connectivity index (χ0n) is 17.6. The van der Waals surface area contributed by atoms with Crippen LogP contribution in [0.1, 0.15) is 29.2 Å². The molecule has 0 bridgehead atoms. The first-order valence-corrected chi connectivity index (χ1v) is 10.5. The van der Waals surface area contributed by atoms with Gasteiger partial charge in [0.25, 0.3) is 0 Å². The minimum atomic E-state index is -0.0540. The molecule has 4 rings (SSSR count). The number of amides is 1. The van der Waals surface area contributed by atoms with E-state index in [4.69, 9.17) is 0 Å². The molecular formula is C28H26N2O. The molecule has 0 aliphatic rings. The van der Waals surface area contributed by atoms with Crippen molar-refractivity contribution in [1.82, 2.24) is 0 Å². The average Bonchev–Trinajstić information content (AvgIpc) is 2.78. The van der Waals surface area contributed by atoms with Crippen molar-refractivity contribution in [3.8, 4) is 0 Å². The van der Waals surface area contributed by atoms with E-state index in [0.29, 0.717) is 0 Å². The highest BCUT2D eigenvalue weighted by atomic mass is 16.1. The first kappa shape index (κ1) is 20.4. The first-order chi connectivity index (χ1) is 15.1. The van der Waals surface area contributed by atoms with Gasteiger partial charge < -0.3 is 10.6 Å². The SMILES string of the molecule is CC(=O)Nc1ccc(Cc2ccc(Nc3ccc(Cc4ccccc4)cc3)cc2)cc1. The van der Waals surface area contributed by atoms with Gasteiger partial charge in [-0.05, 0) is 71.5 Å². The van der Waals surface area contributed by atoms with Crippen molar-refractivity contribution in [2.75, 3.05) is 10.6 Å². The number of carbonyl (C=O) groups excluding carboxylic acids is 1. The van der Waals surface area contributed by atoms with E-state index in [0.717, 1.165) is 29.9 Å². The van der Waals surface area contributed by atoms with Crippen molar-refractivity contribution in [1.29, 1.82) is 0 Å². The van der Waals surface area contributed by atoms with Gasteiger partial charge in [-0.2, -0.15) is 0 Å². The predicted octanol–water partition coefficient (Wildman–Crippen LogP) is 6.57. The van der Waals surface area contributed by atoms with Crippen LogP contribution in [0.4, 0.5) is 17.1 Å². The van der Waals surface area contributed by atoms with Crippen LogP contribution in [0.2, 0.25) is 0 Å². The lowest BCUT2D eigenvalue weighted by molar-refractivity contribution is -0.114. The summed E-state index contributed by atoms with van der Waals surface area (Å²) in [7, 11) is 0. The molecule has 0 aliphatic heterocycles. The highest BCUT2D eigenvalue weighted by molar-refractivity contribution is 5.88. The van der Waals surface area contributed by atoms with Crippen LogP contribution in [0.25, 0.3) is 0 Å². The topological polar surface area (TPSA) is 41.1 Å². The van der Waals surface area contributed by atoms with Crippen molar-refractivity contribution < 1.29 is 4.79 Å². The van der Waals surface area contributed by atoms with Crippen LogP contribution in [-0.4, -0.2) is 5.91 Å². The number of carbonyl (C=O) groups is 1. The third-order valence-electron chi connectivity index (χ3n) is 5.13. The fraction of sp³-hybridized carbons (Fsp3) is 0.107. The summed E-state index contributed by atoms with van der Waals surface area (Å²) < 4.78 is 0. The van der Waals surface area contributed by atoms with Gasteiger partial charge in [0.1, 0.15) is 0 Å². The highest BCUT2D eigenvalue weighted by Crippen LogP contribution is 2.20. The molecule has 0 atom stereocenters. The summed E-state index contributed by atoms with van der Waals surface area (Å²) in [5.41, 5.74) is 8.06. The summed E-state index contributed by atoms with van der Waals surface area (Å²) in [6.07, 6.45) is 1.80. The number of rotatable bonds is 7. The molecule has 2 N–H and O–H groups in total. The molecule has 31 heavy (non-hydrogen) atoms. The van der Waals surface area contributed by atoms with Crippen LogP contribution in [0, 0.1) is 0 Å². The Balaban J connectivity index is 1.33. The molecule has 4 aromatic rings. The minimum Gasteiger partial charge on any atom is -0.356 e. The zero-order chi connectivity index (χ0) is 21.5. The van der Waals surface area contributed by atoms with Gasteiger partial charge in [-0.3, -0.25) is 4.79 Å². The Hall–Kier alpha value is -3.85. The second kappa shape index (κ2) is 9.77. The van der Waals surface area contributed by atoms with Crippen molar-refractivity contribution in [2.45, 2.75) is 19.8 Å². The fourth-order valence-electron chi connectivity index (χ4n) is 3.55. The quantitative estimate of drug-likeness (QED) is 0.364. The van der Waals surface area contributed by atoms with Gasteiger partial charge in [0.2, 0.25) is 5.91 Å². The molecule has 0 saturated heterocycles. The van der Waals surface area contributed by atoms with Crippen molar-refractivity contribution in [2.24, 2.45) is 0 Å². The maximum absolute atomic E-state index is 11.1. The number of anilines is 3. The van der Waals surface area contributed by atoms with Crippen LogP contribution in [0.3, 0.4) is 0 Å². The number of hydrogen-bond acceptors (Lipinski definition) is 2. The Morgan fingerprint density at radius 3 is 1.35 bits per heavy atom. The van der Waals surface area contributed by atoms with E-state index in [1.165, 1.54) is 29.2 Å². The number of nitrogens with one attached hydrogen (secondary N) is 2. The Bertz CT molecular complexity index is 1120. The lowest BCUT2D eigenvalue weighted by Crippen LogP contribution is -2.05. The second-order valence-electron chi connectivity index (χ2n) is 7.74. The predicted molar refractivity (Wildman–Crippen MR) is 129 cm³/mol. The number of hydrogen-bond donors (Lipinski definition) is 2. The summed E-state index contributed by atoms with van der Waals surface area (Å²) in [6, 6.07) is 35.6. The van der Waals surface area contributed by atoms with E-state index < -0.39 is 0 Å². The lowest BCUT2D eigenvalue weighted by Gasteiger charge is -2.09. The van der Waals surface area contributed by atoms with Crippen LogP contribution in [0.5, 0.6) is 0 Å². The molecule has 154 valence electrons. The summed E-state index contributed by atoms with van der Waals surface area (Å²) in [5.74, 6) is -0.0540. The summed E-state index contributed by atoms with van der Waals surface area (Å²) in [6.45, 7) is 1.52. The zero-order valence-corrected chi connectivity index (χ0v) is 17.6. The number of benzene rings is 4. The van der Waals surface area contributed by atoms with Gasteiger partial charge in [-0.15, -0.1) is 0 Å². The summed E-state index contributed by atoms with van der Waals surface area (Å²) in [5, 5.41) is 6.27. The molecule has 4 aromatic carbocycles. The molecule has 0 fully saturated rings. The van der Waals surface area contributed by atoms with Gasteiger partial charge in [0.15, 0.2) is 0 Å². The van der Waals surface area contributed by atoms with E-state index in [-0.39, 0.29) is 5.91 Å². The maximum Gasteiger partial charge on any atom is 0.221 e. The van der Waals surface area contributed by atoms with Crippen molar-refractivity contribution in [3.63, 3.8) is 0 Å². The second-order valence-corrected chi connectivity index (χ2v) is 7.74. The molecule has 0 radical (unpaired) electrons. The Morgan fingerprint density at radius 1 is 0.548 bits per heavy atom. The van der Waals surface area contributed by atoms with Crippen LogP contribution >= 0.6 is 0 Å². The molecule has 0 saturated carbocycles. The first-order valence-electron chi connectivity index (χ1n) is 10.5. The third-order valence-corrected chi connectivity index (χ3v) is 5.13. The van der Waals surface area contributed by atoms with Gasteiger partial charge in [-0.1, -0.05) is 66.7 Å². The maximum atomic E-state index is 11.1. The summed E-state index contributed by atoms with van der Waals surface area (Å²) >= 11 is 0. The molecule has 3 heteroatoms. The van der Waals surface area contributed by atoms with Gasteiger partial charge in [0, 0.05) is 24.0 Å². The lowest BCUT2D eigenvalue weighted by atomic mass is 10.0. The fourth-order valence-corrected chi connectivity index (χ4v) is 3.55. The molecule has 0 spiro atoms. The van der Waals surface area contributed by atoms with Crippen LogP contribution in [-0.2, 0) is 17.6 Å². The van der Waals surface area contributed by atoms with Gasteiger partial charge in [-0.25, -0.2) is 0 Å². The smallest absolute Gasteiger partial charge is 0.221 e. The molecular weight excluding hydrogens is 380 g/mol. The monoisotopic (exact) mass is 406 g/mol. The van der Waals surface area contributed by atoms with Gasteiger partial charge in [0.05, 0.1) is 0 Å². The van der Waals surface area contributed by atoms with E-state index in [1.807, 2.05) is 18.2 Å². The largest absolute Gasteiger partial charge is 0.356 e. The molecule has 0 aromatic heterocycles. The van der Waals surface area contributed by atoms with Crippen LogP contribution < -0.4 is 10.6 Å². The van der Waals surface area contributed by atoms with Gasteiger partial charge >= 0.3 is 0 Å². The van der Waals surface area contributed by atoms with Crippen molar-refractivity contribution in [3.05, 3.63) is 125 Å². The Kier molecular flexibility index (Phi) is 6.44. The minimum absolute atomic E-state index is 0.0540. The standard InChI is InChI=1S/C28H26N2O/c1-21(31)29-26-13-7-24(8-14-26)20-25-11-17-28(18-12-25)30-27-15-9-23(10-16-27)19-22-5-3-2-4-6-22/h2-18,30H,19-20H2,1H3,(H,29,31). The highest BCUT2D eigenvalue weighted by Gasteiger charge is 2.01. The summed E-state index contributed by atoms with van der Waals surface area (Å²) in [4.78, 5) is 11.1. The van der Waals surface area contributed by atoms with E-state index in [9.17, 15) is 4.79 Å². The Morgan fingerprint density at radius 2 is 0.935 bits per heavy atom. The molecule has 0 aliphatic carbocycles. The molecule has 0 unspecified atom stereocenters. The van der Waals surface area contributed by atoms with E-state index in [1.54, 1.807) is 0 Å². The Labute approximate surface area is 183 Å². The molecule has 3 nitrogen and oxygen atoms in total.